The van der Waals surface area contributed by atoms with Crippen LogP contribution in [0.2, 0.25) is 0 Å². The van der Waals surface area contributed by atoms with E-state index in [4.69, 9.17) is 4.98 Å². The van der Waals surface area contributed by atoms with E-state index in [1.807, 2.05) is 54.6 Å². The van der Waals surface area contributed by atoms with Crippen LogP contribution in [0.1, 0.15) is 41.5 Å². The highest BCUT2D eigenvalue weighted by Crippen LogP contribution is 2.30. The number of carboxylic acids is 1. The van der Waals surface area contributed by atoms with E-state index in [1.165, 1.54) is 0 Å². The number of hydrogen-bond donors (Lipinski definition) is 1. The summed E-state index contributed by atoms with van der Waals surface area (Å²) in [4.78, 5) is 21.0. The third-order valence-electron chi connectivity index (χ3n) is 4.90. The fourth-order valence-electron chi connectivity index (χ4n) is 3.29. The van der Waals surface area contributed by atoms with Crippen molar-refractivity contribution in [3.8, 4) is 11.1 Å². The van der Waals surface area contributed by atoms with E-state index < -0.39 is 5.97 Å². The van der Waals surface area contributed by atoms with Gasteiger partial charge in [-0.15, -0.1) is 11.8 Å². The Morgan fingerprint density at radius 2 is 1.63 bits per heavy atom. The van der Waals surface area contributed by atoms with Crippen molar-refractivity contribution in [2.75, 3.05) is 0 Å². The minimum atomic E-state index is -0.915. The summed E-state index contributed by atoms with van der Waals surface area (Å²) in [6.45, 7) is 4.21. The van der Waals surface area contributed by atoms with Gasteiger partial charge >= 0.3 is 5.97 Å². The number of carbonyl (C=O) groups is 1. The second-order valence-corrected chi connectivity index (χ2v) is 8.36. The summed E-state index contributed by atoms with van der Waals surface area (Å²) in [7, 11) is 0. The Labute approximate surface area is 180 Å². The number of aromatic carboxylic acids is 1. The molecule has 0 saturated carbocycles. The Hall–Kier alpha value is -3.18. The lowest BCUT2D eigenvalue weighted by Gasteiger charge is -2.11. The Balaban J connectivity index is 1.58. The molecule has 0 fully saturated rings. The summed E-state index contributed by atoms with van der Waals surface area (Å²) >= 11 is 1.70. The molecule has 0 bridgehead atoms. The van der Waals surface area contributed by atoms with Gasteiger partial charge in [0.2, 0.25) is 0 Å². The van der Waals surface area contributed by atoms with Crippen molar-refractivity contribution in [3.63, 3.8) is 0 Å². The van der Waals surface area contributed by atoms with E-state index in [2.05, 4.69) is 24.9 Å². The maximum absolute atomic E-state index is 11.5. The Kier molecular flexibility index (Phi) is 5.81. The molecule has 0 spiro atoms. The molecule has 0 aliphatic rings. The molecule has 4 nitrogen and oxygen atoms in total. The van der Waals surface area contributed by atoms with Gasteiger partial charge in [-0.3, -0.25) is 0 Å². The lowest BCUT2D eigenvalue weighted by atomic mass is 9.99. The van der Waals surface area contributed by atoms with Gasteiger partial charge in [0.25, 0.3) is 0 Å². The van der Waals surface area contributed by atoms with Crippen LogP contribution in [0.15, 0.2) is 77.8 Å². The number of benzene rings is 3. The van der Waals surface area contributed by atoms with Crippen LogP contribution in [0, 0.1) is 0 Å². The van der Waals surface area contributed by atoms with E-state index in [-0.39, 0.29) is 5.92 Å². The van der Waals surface area contributed by atoms with E-state index in [0.29, 0.717) is 5.56 Å². The van der Waals surface area contributed by atoms with Crippen LogP contribution in [0.25, 0.3) is 22.0 Å². The van der Waals surface area contributed by atoms with E-state index >= 15 is 0 Å². The summed E-state index contributed by atoms with van der Waals surface area (Å²) < 4.78 is 0. The number of nitrogens with zero attached hydrogens (tertiary/aromatic N) is 2. The van der Waals surface area contributed by atoms with Crippen molar-refractivity contribution < 1.29 is 9.90 Å². The van der Waals surface area contributed by atoms with E-state index in [0.717, 1.165) is 44.2 Å². The SMILES string of the molecule is CC(C)c1nc(SCc2ccc(-c3ccccc3C(=O)O)cc2)c2ccccc2n1. The molecule has 4 aromatic rings. The maximum atomic E-state index is 11.5. The van der Waals surface area contributed by atoms with Crippen molar-refractivity contribution in [2.45, 2.75) is 30.5 Å². The number of para-hydroxylation sites is 1. The highest BCUT2D eigenvalue weighted by Gasteiger charge is 2.12. The minimum absolute atomic E-state index is 0.266. The van der Waals surface area contributed by atoms with Crippen LogP contribution in [-0.2, 0) is 5.75 Å². The molecule has 4 rings (SSSR count). The zero-order chi connectivity index (χ0) is 21.1. The molecule has 0 radical (unpaired) electrons. The number of carboxylic acid groups (broad SMARTS) is 1. The molecule has 1 heterocycles. The fraction of sp³-hybridized carbons (Fsp3) is 0.160. The fourth-order valence-corrected chi connectivity index (χ4v) is 4.27. The Bertz CT molecular complexity index is 1200. The Morgan fingerprint density at radius 1 is 0.933 bits per heavy atom. The molecule has 0 aliphatic heterocycles. The summed E-state index contributed by atoms with van der Waals surface area (Å²) in [6, 6.07) is 23.2. The van der Waals surface area contributed by atoms with Crippen molar-refractivity contribution in [1.82, 2.24) is 9.97 Å². The third-order valence-corrected chi connectivity index (χ3v) is 5.96. The molecule has 1 N–H and O–H groups in total. The molecule has 0 atom stereocenters. The van der Waals surface area contributed by atoms with Crippen LogP contribution in [0.5, 0.6) is 0 Å². The van der Waals surface area contributed by atoms with Crippen LogP contribution in [0.4, 0.5) is 0 Å². The number of fused-ring (bicyclic) bond motifs is 1. The topological polar surface area (TPSA) is 63.1 Å². The van der Waals surface area contributed by atoms with Gasteiger partial charge in [0.1, 0.15) is 10.9 Å². The zero-order valence-corrected chi connectivity index (χ0v) is 17.7. The minimum Gasteiger partial charge on any atom is -0.478 e. The largest absolute Gasteiger partial charge is 0.478 e. The number of thioether (sulfide) groups is 1. The quantitative estimate of drug-likeness (QED) is 0.292. The summed E-state index contributed by atoms with van der Waals surface area (Å²) in [5, 5.41) is 11.5. The second-order valence-electron chi connectivity index (χ2n) is 7.40. The van der Waals surface area contributed by atoms with Crippen molar-refractivity contribution in [1.29, 1.82) is 0 Å². The van der Waals surface area contributed by atoms with Crippen LogP contribution in [0.3, 0.4) is 0 Å². The monoisotopic (exact) mass is 414 g/mol. The van der Waals surface area contributed by atoms with Gasteiger partial charge in [-0.25, -0.2) is 14.8 Å². The lowest BCUT2D eigenvalue weighted by molar-refractivity contribution is 0.0697. The average molecular weight is 415 g/mol. The smallest absolute Gasteiger partial charge is 0.336 e. The maximum Gasteiger partial charge on any atom is 0.336 e. The summed E-state index contributed by atoms with van der Waals surface area (Å²) in [6.07, 6.45) is 0. The molecule has 3 aromatic carbocycles. The molecular weight excluding hydrogens is 392 g/mol. The number of rotatable bonds is 6. The van der Waals surface area contributed by atoms with Crippen molar-refractivity contribution in [2.24, 2.45) is 0 Å². The third kappa shape index (κ3) is 4.21. The first-order valence-electron chi connectivity index (χ1n) is 9.84. The molecular formula is C25H22N2O2S. The van der Waals surface area contributed by atoms with Crippen LogP contribution < -0.4 is 0 Å². The van der Waals surface area contributed by atoms with Gasteiger partial charge in [0.15, 0.2) is 0 Å². The van der Waals surface area contributed by atoms with Gasteiger partial charge in [0, 0.05) is 17.1 Å². The molecule has 150 valence electrons. The highest BCUT2D eigenvalue weighted by atomic mass is 32.2. The molecule has 0 unspecified atom stereocenters. The van der Waals surface area contributed by atoms with E-state index in [1.54, 1.807) is 23.9 Å². The molecule has 0 amide bonds. The first-order chi connectivity index (χ1) is 14.5. The predicted molar refractivity (Wildman–Crippen MR) is 122 cm³/mol. The zero-order valence-electron chi connectivity index (χ0n) is 16.9. The first kappa shape index (κ1) is 20.1. The predicted octanol–water partition coefficient (Wildman–Crippen LogP) is 6.41. The van der Waals surface area contributed by atoms with Crippen LogP contribution in [-0.4, -0.2) is 21.0 Å². The molecule has 1 aromatic heterocycles. The van der Waals surface area contributed by atoms with Crippen LogP contribution >= 0.6 is 11.8 Å². The normalized spacial score (nSPS) is 11.2. The number of aromatic nitrogens is 2. The first-order valence-corrected chi connectivity index (χ1v) is 10.8. The van der Waals surface area contributed by atoms with Gasteiger partial charge in [0.05, 0.1) is 11.1 Å². The summed E-state index contributed by atoms with van der Waals surface area (Å²) in [5.74, 6) is 0.987. The standard InChI is InChI=1S/C25H22N2O2S/c1-16(2)23-26-22-10-6-5-9-21(22)24(27-23)30-15-17-11-13-18(14-12-17)19-7-3-4-8-20(19)25(28)29/h3-14,16H,15H2,1-2H3,(H,28,29). The second kappa shape index (κ2) is 8.67. The van der Waals surface area contributed by atoms with Crippen molar-refractivity contribution >= 4 is 28.6 Å². The van der Waals surface area contributed by atoms with Gasteiger partial charge < -0.3 is 5.11 Å². The molecule has 30 heavy (non-hydrogen) atoms. The lowest BCUT2D eigenvalue weighted by Crippen LogP contribution is -2.00. The highest BCUT2D eigenvalue weighted by molar-refractivity contribution is 7.98. The van der Waals surface area contributed by atoms with Gasteiger partial charge in [-0.1, -0.05) is 74.5 Å². The number of hydrogen-bond acceptors (Lipinski definition) is 4. The van der Waals surface area contributed by atoms with Gasteiger partial charge in [-0.2, -0.15) is 0 Å². The Morgan fingerprint density at radius 3 is 2.37 bits per heavy atom. The van der Waals surface area contributed by atoms with Crippen molar-refractivity contribution in [3.05, 3.63) is 89.7 Å². The molecule has 0 aliphatic carbocycles. The molecule has 0 saturated heterocycles. The van der Waals surface area contributed by atoms with E-state index in [9.17, 15) is 9.90 Å². The molecule has 5 heteroatoms. The summed E-state index contributed by atoms with van der Waals surface area (Å²) in [5.41, 5.74) is 4.07. The average Bonchev–Trinajstić information content (AvgIpc) is 2.77. The van der Waals surface area contributed by atoms with Gasteiger partial charge in [-0.05, 0) is 28.8 Å².